The van der Waals surface area contributed by atoms with Gasteiger partial charge in [0.15, 0.2) is 12.2 Å². The zero-order valence-electron chi connectivity index (χ0n) is 51.0. The Labute approximate surface area is 498 Å². The van der Waals surface area contributed by atoms with Gasteiger partial charge in [-0.05, 0) is 102 Å². The predicted octanol–water partition coefficient (Wildman–Crippen LogP) is 4.09. The number of rotatable bonds is 16. The Kier molecular flexibility index (Phi) is 28.3. The molecular formula is C62H89N7O16. The van der Waals surface area contributed by atoms with E-state index in [2.05, 4.69) is 26.6 Å². The van der Waals surface area contributed by atoms with Gasteiger partial charge in [-0.3, -0.25) is 28.8 Å². The van der Waals surface area contributed by atoms with Crippen molar-refractivity contribution in [3.05, 3.63) is 117 Å². The van der Waals surface area contributed by atoms with Crippen molar-refractivity contribution in [1.82, 2.24) is 26.6 Å². The molecule has 2 aliphatic heterocycles. The van der Waals surface area contributed by atoms with Crippen LogP contribution < -0.4 is 38.1 Å². The summed E-state index contributed by atoms with van der Waals surface area (Å²) >= 11 is 0. The summed E-state index contributed by atoms with van der Waals surface area (Å²) in [5.41, 5.74) is 12.4. The zero-order valence-corrected chi connectivity index (χ0v) is 51.0. The van der Waals surface area contributed by atoms with Gasteiger partial charge in [0.05, 0.1) is 47.2 Å². The third-order valence-electron chi connectivity index (χ3n) is 15.3. The van der Waals surface area contributed by atoms with E-state index in [4.69, 9.17) is 39.9 Å². The van der Waals surface area contributed by atoms with Crippen molar-refractivity contribution in [3.63, 3.8) is 0 Å². The van der Waals surface area contributed by atoms with E-state index in [1.807, 2.05) is 13.8 Å². The molecule has 0 radical (unpaired) electrons. The van der Waals surface area contributed by atoms with E-state index in [-0.39, 0.29) is 95.7 Å². The van der Waals surface area contributed by atoms with Crippen molar-refractivity contribution in [3.8, 4) is 0 Å². The number of carbonyl (C=O) groups excluding carboxylic acids is 8. The minimum absolute atomic E-state index is 0.0940. The van der Waals surface area contributed by atoms with E-state index in [1.54, 1.807) is 52.0 Å². The van der Waals surface area contributed by atoms with Crippen molar-refractivity contribution in [1.29, 1.82) is 0 Å². The van der Waals surface area contributed by atoms with Gasteiger partial charge in [0.25, 0.3) is 11.8 Å². The number of nitrogens with one attached hydrogen (secondary N) is 5. The van der Waals surface area contributed by atoms with Crippen LogP contribution in [-0.4, -0.2) is 161 Å². The molecule has 0 fully saturated rings. The first-order valence-corrected chi connectivity index (χ1v) is 28.6. The third-order valence-corrected chi connectivity index (χ3v) is 15.3. The first-order valence-electron chi connectivity index (χ1n) is 28.6. The molecule has 4 aliphatic rings. The summed E-state index contributed by atoms with van der Waals surface area (Å²) < 4.78 is 33.7. The Balaban J connectivity index is 1.48. The highest BCUT2D eigenvalue weighted by Gasteiger charge is 2.36. The molecule has 4 rings (SSSR count). The van der Waals surface area contributed by atoms with Crippen LogP contribution in [0.3, 0.4) is 0 Å². The second kappa shape index (κ2) is 34.1. The van der Waals surface area contributed by atoms with Crippen LogP contribution in [-0.2, 0) is 57.2 Å². The number of ether oxygens (including phenoxy) is 6. The fraction of sp³-hybridized carbons (Fsp3) is 0.548. The minimum atomic E-state index is -1.05. The number of fused-ring (bicyclic) bond motifs is 4. The summed E-state index contributed by atoms with van der Waals surface area (Å²) in [5.74, 6) is -5.06. The lowest BCUT2D eigenvalue weighted by Gasteiger charge is -2.30. The third kappa shape index (κ3) is 20.5. The highest BCUT2D eigenvalue weighted by molar-refractivity contribution is 6.24. The van der Waals surface area contributed by atoms with Gasteiger partial charge in [-0.2, -0.15) is 0 Å². The van der Waals surface area contributed by atoms with Gasteiger partial charge >= 0.3 is 12.2 Å². The number of aliphatic hydroxyl groups is 2. The van der Waals surface area contributed by atoms with E-state index in [1.165, 1.54) is 66.6 Å². The number of nitrogens with two attached hydrogens (primary N) is 2. The lowest BCUT2D eigenvalue weighted by Crippen LogP contribution is -2.38. The number of allylic oxidation sites excluding steroid dienone is 8. The summed E-state index contributed by atoms with van der Waals surface area (Å²) in [5, 5.41) is 38.0. The van der Waals surface area contributed by atoms with E-state index in [0.29, 0.717) is 37.1 Å². The summed E-state index contributed by atoms with van der Waals surface area (Å²) in [6.45, 7) is 15.3. The Hall–Kier alpha value is -7.12. The lowest BCUT2D eigenvalue weighted by molar-refractivity contribution is -0.120. The molecule has 0 spiro atoms. The average molecular weight is 1190 g/mol. The number of primary amides is 2. The van der Waals surface area contributed by atoms with Crippen LogP contribution in [0.15, 0.2) is 117 Å². The molecule has 0 aromatic heterocycles. The number of aliphatic hydroxyl groups excluding tert-OH is 2. The molecule has 23 heteroatoms. The van der Waals surface area contributed by atoms with Crippen LogP contribution in [0.25, 0.3) is 0 Å². The van der Waals surface area contributed by atoms with Crippen molar-refractivity contribution in [2.45, 2.75) is 143 Å². The number of carbonyl (C=O) groups is 8. The summed E-state index contributed by atoms with van der Waals surface area (Å²) in [7, 11) is 5.76. The molecule has 12 atom stereocenters. The number of hydrogen-bond donors (Lipinski definition) is 9. The number of ketones is 4. The molecule has 85 heavy (non-hydrogen) atoms. The van der Waals surface area contributed by atoms with Gasteiger partial charge < -0.3 is 76.7 Å². The fourth-order valence-electron chi connectivity index (χ4n) is 10.5. The fourth-order valence-corrected chi connectivity index (χ4v) is 10.5. The molecule has 0 aromatic carbocycles. The molecule has 12 unspecified atom stereocenters. The smallest absolute Gasteiger partial charge is 0.405 e. The Morgan fingerprint density at radius 3 is 1.27 bits per heavy atom. The molecule has 2 aliphatic carbocycles. The average Bonchev–Trinajstić information content (AvgIpc) is 3.61. The Morgan fingerprint density at radius 2 is 0.941 bits per heavy atom. The van der Waals surface area contributed by atoms with Crippen LogP contribution in [0.5, 0.6) is 0 Å². The summed E-state index contributed by atoms with van der Waals surface area (Å²) in [6.07, 6.45) is 7.30. The molecule has 0 saturated heterocycles. The Bertz CT molecular complexity index is 2600. The number of methoxy groups -OCH3 is 4. The second-order valence-corrected chi connectivity index (χ2v) is 22.2. The van der Waals surface area contributed by atoms with Crippen molar-refractivity contribution >= 4 is 47.1 Å². The van der Waals surface area contributed by atoms with Crippen LogP contribution in [0.1, 0.15) is 93.9 Å². The zero-order chi connectivity index (χ0) is 63.2. The standard InChI is InChI=1S/C62H89N7O16/c1-33-25-41-51(45(70)31-43(55(41)74)68-59(76)35(3)17-13-19-47(80-9)57(84-61(63)78)39(7)29-37(5)53(72)49(27-33)82-11)66-23-15-21-65-22-16-24-67-52-42-26-34(2)28-50(83-12)54(73)38(6)30-40(8)58(85-62(64)79)48(81-10)20-14-18-36(4)60(77)69-44(56(42)75)32-46(52)71/h13-14,17-20,29-34,37-38,47-50,53-54,57-58,65-67,72-73H,15-16,21-28H2,1-12H3,(H2,63,78)(H2,64,79)(H,68,76)(H,69,77)/b19-13-,20-14+,35-17+,36-18-,39-29+,40-30+. The van der Waals surface area contributed by atoms with Crippen LogP contribution in [0.2, 0.25) is 0 Å². The maximum Gasteiger partial charge on any atom is 0.405 e. The van der Waals surface area contributed by atoms with Crippen molar-refractivity contribution in [2.75, 3.05) is 54.6 Å². The van der Waals surface area contributed by atoms with Crippen molar-refractivity contribution < 1.29 is 77.0 Å². The molecular weight excluding hydrogens is 1100 g/mol. The van der Waals surface area contributed by atoms with Gasteiger partial charge in [-0.1, -0.05) is 76.3 Å². The summed E-state index contributed by atoms with van der Waals surface area (Å²) in [6, 6.07) is 0. The molecule has 0 saturated carbocycles. The maximum absolute atomic E-state index is 14.2. The SMILES string of the molecule is COC1/C=C\C=C(/C)C(=O)NC2=CC(=O)C(NCCCNCCCNC3=C4CC(C)CC(OC)C(O)C(C)/C=C(\C)C(OC(N)=O)C(OC)/C=C/C=C(/C)C(=O)NC(=CC3=O)C4=O)=C(CC(C)CC(OC)C(O)C(C)/C=C(\C)C1OC(N)=O)C2=O. The molecule has 2 heterocycles. The molecule has 4 amide bonds. The lowest BCUT2D eigenvalue weighted by atomic mass is 9.85. The molecule has 11 N–H and O–H groups in total. The molecule has 468 valence electrons. The first-order chi connectivity index (χ1) is 40.3. The van der Waals surface area contributed by atoms with Crippen LogP contribution in [0, 0.1) is 23.7 Å². The number of Topliss-reactive ketones (excluding diaryl/α,β-unsaturated/α-hetero) is 2. The minimum Gasteiger partial charge on any atom is -0.439 e. The van der Waals surface area contributed by atoms with Gasteiger partial charge in [-0.15, -0.1) is 0 Å². The highest BCUT2D eigenvalue weighted by Crippen LogP contribution is 2.31. The van der Waals surface area contributed by atoms with Gasteiger partial charge in [0.1, 0.15) is 12.2 Å². The van der Waals surface area contributed by atoms with Gasteiger partial charge in [0, 0.05) is 87.8 Å². The molecule has 4 bridgehead atoms. The summed E-state index contributed by atoms with van der Waals surface area (Å²) in [4.78, 5) is 107. The first kappa shape index (κ1) is 70.4. The van der Waals surface area contributed by atoms with Crippen molar-refractivity contribution in [2.24, 2.45) is 35.1 Å². The van der Waals surface area contributed by atoms with E-state index in [0.717, 1.165) is 12.2 Å². The largest absolute Gasteiger partial charge is 0.439 e. The van der Waals surface area contributed by atoms with E-state index < -0.39 is 108 Å². The van der Waals surface area contributed by atoms with Crippen LogP contribution >= 0.6 is 0 Å². The van der Waals surface area contributed by atoms with Crippen LogP contribution in [0.4, 0.5) is 9.59 Å². The normalized spacial score (nSPS) is 31.7. The number of hydrogen-bond acceptors (Lipinski definition) is 19. The monoisotopic (exact) mass is 1190 g/mol. The second-order valence-electron chi connectivity index (χ2n) is 22.2. The maximum atomic E-state index is 14.2. The predicted molar refractivity (Wildman–Crippen MR) is 317 cm³/mol. The topological polar surface area (TPSA) is 345 Å². The molecule has 23 nitrogen and oxygen atoms in total. The van der Waals surface area contributed by atoms with E-state index in [9.17, 15) is 48.6 Å². The Morgan fingerprint density at radius 1 is 0.576 bits per heavy atom. The van der Waals surface area contributed by atoms with E-state index >= 15 is 0 Å². The van der Waals surface area contributed by atoms with Gasteiger partial charge in [0.2, 0.25) is 23.1 Å². The van der Waals surface area contributed by atoms with Gasteiger partial charge in [-0.25, -0.2) is 9.59 Å². The quantitative estimate of drug-likeness (QED) is 0.0597. The number of amides is 4. The highest BCUT2D eigenvalue weighted by atomic mass is 16.6. The molecule has 0 aromatic rings.